The number of nitrogens with two attached hydrogens (primary N) is 1. The lowest BCUT2D eigenvalue weighted by molar-refractivity contribution is 0.385. The van der Waals surface area contributed by atoms with E-state index < -0.39 is 11.2 Å². The summed E-state index contributed by atoms with van der Waals surface area (Å²) in [5.74, 6) is -0.367. The van der Waals surface area contributed by atoms with Crippen molar-refractivity contribution in [1.29, 1.82) is 0 Å². The molecule has 0 bridgehead atoms. The minimum absolute atomic E-state index is 0.0262. The van der Waals surface area contributed by atoms with Gasteiger partial charge in [0.25, 0.3) is 5.56 Å². The van der Waals surface area contributed by atoms with Gasteiger partial charge < -0.3 is 10.8 Å². The molecule has 0 saturated heterocycles. The fourth-order valence-electron chi connectivity index (χ4n) is 3.41. The molecule has 0 amide bonds. The van der Waals surface area contributed by atoms with E-state index in [4.69, 9.17) is 5.73 Å². The molecule has 3 rings (SSSR count). The molecule has 0 aliphatic heterocycles. The van der Waals surface area contributed by atoms with Gasteiger partial charge in [0, 0.05) is 6.04 Å². The van der Waals surface area contributed by atoms with Gasteiger partial charge in [-0.25, -0.2) is 4.79 Å². The maximum absolute atomic E-state index is 12.3. The van der Waals surface area contributed by atoms with Crippen molar-refractivity contribution in [3.05, 3.63) is 62.3 Å². The Morgan fingerprint density at radius 2 is 1.96 bits per heavy atom. The molecule has 1 heterocycles. The van der Waals surface area contributed by atoms with Crippen molar-refractivity contribution in [2.24, 2.45) is 10.7 Å². The third-order valence-corrected chi connectivity index (χ3v) is 4.86. The number of H-pyrrole nitrogens is 1. The van der Waals surface area contributed by atoms with Gasteiger partial charge in [-0.3, -0.25) is 19.3 Å². The number of aliphatic imine (C=N–C) groups is 1. The van der Waals surface area contributed by atoms with E-state index in [-0.39, 0.29) is 30.1 Å². The van der Waals surface area contributed by atoms with Crippen LogP contribution in [0.5, 0.6) is 5.88 Å². The average molecular weight is 356 g/mol. The van der Waals surface area contributed by atoms with E-state index in [1.54, 1.807) is 6.92 Å². The van der Waals surface area contributed by atoms with Crippen molar-refractivity contribution in [2.45, 2.75) is 51.2 Å². The van der Waals surface area contributed by atoms with Crippen LogP contribution in [0.1, 0.15) is 43.7 Å². The number of aromatic hydroxyl groups is 1. The van der Waals surface area contributed by atoms with Crippen LogP contribution in [0.2, 0.25) is 0 Å². The molecule has 0 spiro atoms. The number of nitrogens with zero attached hydrogens (tertiary/aromatic N) is 2. The maximum Gasteiger partial charge on any atom is 0.331 e. The van der Waals surface area contributed by atoms with Crippen LogP contribution in [-0.4, -0.2) is 32.5 Å². The van der Waals surface area contributed by atoms with Crippen LogP contribution >= 0.6 is 0 Å². The fourth-order valence-corrected chi connectivity index (χ4v) is 3.41. The highest BCUT2D eigenvalue weighted by Gasteiger charge is 2.23. The van der Waals surface area contributed by atoms with Crippen molar-refractivity contribution < 1.29 is 5.11 Å². The number of nitrogens with one attached hydrogen (secondary N) is 1. The predicted octanol–water partition coefficient (Wildman–Crippen LogP) is 1.37. The lowest BCUT2D eigenvalue weighted by Crippen LogP contribution is -2.38. The average Bonchev–Trinajstić information content (AvgIpc) is 2.61. The molecule has 1 saturated carbocycles. The van der Waals surface area contributed by atoms with Gasteiger partial charge in [0.2, 0.25) is 5.88 Å². The number of aromatic nitrogens is 2. The van der Waals surface area contributed by atoms with Crippen LogP contribution < -0.4 is 17.0 Å². The highest BCUT2D eigenvalue weighted by Crippen LogP contribution is 2.21. The molecule has 2 unspecified atom stereocenters. The van der Waals surface area contributed by atoms with Crippen molar-refractivity contribution in [3.8, 4) is 5.88 Å². The smallest absolute Gasteiger partial charge is 0.331 e. The first-order valence-electron chi connectivity index (χ1n) is 8.87. The van der Waals surface area contributed by atoms with Gasteiger partial charge in [-0.1, -0.05) is 43.2 Å². The van der Waals surface area contributed by atoms with E-state index >= 15 is 0 Å². The summed E-state index contributed by atoms with van der Waals surface area (Å²) >= 11 is 0. The van der Waals surface area contributed by atoms with Gasteiger partial charge >= 0.3 is 5.69 Å². The van der Waals surface area contributed by atoms with E-state index in [9.17, 15) is 14.7 Å². The molecule has 1 fully saturated rings. The Balaban J connectivity index is 2.00. The SMILES string of the molecule is CC(=NC1CCCCC1N)c1c(O)n(Cc2ccccc2)c(=O)[nH]c1=O. The first kappa shape index (κ1) is 18.1. The minimum Gasteiger partial charge on any atom is -0.494 e. The third kappa shape index (κ3) is 3.77. The number of hydrogen-bond donors (Lipinski definition) is 3. The molecule has 138 valence electrons. The highest BCUT2D eigenvalue weighted by atomic mass is 16.3. The van der Waals surface area contributed by atoms with Crippen LogP contribution in [-0.2, 0) is 6.54 Å². The Morgan fingerprint density at radius 3 is 2.65 bits per heavy atom. The quantitative estimate of drug-likeness (QED) is 0.718. The van der Waals surface area contributed by atoms with E-state index in [0.717, 1.165) is 35.8 Å². The molecule has 0 radical (unpaired) electrons. The zero-order valence-electron chi connectivity index (χ0n) is 14.8. The van der Waals surface area contributed by atoms with Crippen molar-refractivity contribution in [3.63, 3.8) is 0 Å². The van der Waals surface area contributed by atoms with E-state index in [1.807, 2.05) is 30.3 Å². The fraction of sp³-hybridized carbons (Fsp3) is 0.421. The Bertz CT molecular complexity index is 915. The standard InChI is InChI=1S/C19H24N4O3/c1-12(21-15-10-6-5-9-14(15)20)16-17(24)22-19(26)23(18(16)25)11-13-7-3-2-4-8-13/h2-4,7-8,14-15,25H,5-6,9-11,20H2,1H3,(H,22,24,26). The highest BCUT2D eigenvalue weighted by molar-refractivity contribution is 6.00. The van der Waals surface area contributed by atoms with Gasteiger partial charge in [-0.15, -0.1) is 0 Å². The Kier molecular flexibility index (Phi) is 5.37. The number of benzene rings is 1. The molecule has 4 N–H and O–H groups in total. The number of aromatic amines is 1. The number of hydrogen-bond acceptors (Lipinski definition) is 5. The van der Waals surface area contributed by atoms with Crippen molar-refractivity contribution in [1.82, 2.24) is 9.55 Å². The summed E-state index contributed by atoms with van der Waals surface area (Å²) in [6.07, 6.45) is 3.89. The van der Waals surface area contributed by atoms with Crippen molar-refractivity contribution in [2.75, 3.05) is 0 Å². The monoisotopic (exact) mass is 356 g/mol. The molecule has 7 nitrogen and oxygen atoms in total. The molecule has 1 aliphatic rings. The van der Waals surface area contributed by atoms with Crippen LogP contribution in [0.4, 0.5) is 0 Å². The second-order valence-corrected chi connectivity index (χ2v) is 6.76. The largest absolute Gasteiger partial charge is 0.494 e. The van der Waals surface area contributed by atoms with Crippen LogP contribution in [0.15, 0.2) is 44.9 Å². The Morgan fingerprint density at radius 1 is 1.27 bits per heavy atom. The molecule has 2 atom stereocenters. The second-order valence-electron chi connectivity index (χ2n) is 6.76. The van der Waals surface area contributed by atoms with Crippen LogP contribution in [0.3, 0.4) is 0 Å². The predicted molar refractivity (Wildman–Crippen MR) is 101 cm³/mol. The maximum atomic E-state index is 12.3. The Hall–Kier alpha value is -2.67. The summed E-state index contributed by atoms with van der Waals surface area (Å²) in [5, 5.41) is 10.6. The summed E-state index contributed by atoms with van der Waals surface area (Å²) in [4.78, 5) is 31.3. The molecule has 26 heavy (non-hydrogen) atoms. The first-order valence-corrected chi connectivity index (χ1v) is 8.87. The normalized spacial score (nSPS) is 20.9. The molecule has 1 aromatic carbocycles. The summed E-state index contributed by atoms with van der Waals surface area (Å²) in [7, 11) is 0. The summed E-state index contributed by atoms with van der Waals surface area (Å²) < 4.78 is 1.14. The molecule has 2 aromatic rings. The zero-order valence-corrected chi connectivity index (χ0v) is 14.8. The summed E-state index contributed by atoms with van der Waals surface area (Å²) in [6.45, 7) is 1.83. The van der Waals surface area contributed by atoms with E-state index in [0.29, 0.717) is 5.71 Å². The summed E-state index contributed by atoms with van der Waals surface area (Å²) in [6, 6.07) is 9.14. The summed E-state index contributed by atoms with van der Waals surface area (Å²) in [5.41, 5.74) is 6.10. The second kappa shape index (κ2) is 7.70. The molecule has 1 aromatic heterocycles. The lowest BCUT2D eigenvalue weighted by atomic mass is 9.91. The molecule has 7 heteroatoms. The van der Waals surface area contributed by atoms with Gasteiger partial charge in [-0.2, -0.15) is 0 Å². The van der Waals surface area contributed by atoms with Gasteiger partial charge in [-0.05, 0) is 25.3 Å². The lowest BCUT2D eigenvalue weighted by Gasteiger charge is -2.25. The van der Waals surface area contributed by atoms with Crippen molar-refractivity contribution >= 4 is 5.71 Å². The van der Waals surface area contributed by atoms with Gasteiger partial charge in [0.1, 0.15) is 5.56 Å². The van der Waals surface area contributed by atoms with Crippen LogP contribution in [0.25, 0.3) is 0 Å². The topological polar surface area (TPSA) is 113 Å². The Labute approximate surface area is 151 Å². The van der Waals surface area contributed by atoms with E-state index in [1.165, 1.54) is 0 Å². The molecular formula is C19H24N4O3. The number of rotatable bonds is 4. The van der Waals surface area contributed by atoms with Gasteiger partial charge in [0.05, 0.1) is 18.3 Å². The van der Waals surface area contributed by atoms with Crippen LogP contribution in [0, 0.1) is 0 Å². The van der Waals surface area contributed by atoms with E-state index in [2.05, 4.69) is 9.98 Å². The molecule has 1 aliphatic carbocycles. The third-order valence-electron chi connectivity index (χ3n) is 4.86. The molecular weight excluding hydrogens is 332 g/mol. The zero-order chi connectivity index (χ0) is 18.7. The minimum atomic E-state index is -0.651. The van der Waals surface area contributed by atoms with Gasteiger partial charge in [0.15, 0.2) is 0 Å². The first-order chi connectivity index (χ1) is 12.5.